The van der Waals surface area contributed by atoms with Crippen molar-refractivity contribution < 1.29 is 19.1 Å². The number of piperidine rings is 1. The minimum Gasteiger partial charge on any atom is -0.486 e. The SMILES string of the molecule is Cc1cc2c(cc1Cl)C(=O)CC1(CCN(C(=O)C(C)Oc3ccc(Br)cc3)CC1)O2. The van der Waals surface area contributed by atoms with Crippen LogP contribution in [-0.4, -0.2) is 41.4 Å². The Bertz CT molecular complexity index is 983. The predicted octanol–water partition coefficient (Wildman–Crippen LogP) is 5.20. The summed E-state index contributed by atoms with van der Waals surface area (Å²) in [5, 5.41) is 0.571. The van der Waals surface area contributed by atoms with Gasteiger partial charge in [0.1, 0.15) is 17.1 Å². The van der Waals surface area contributed by atoms with Gasteiger partial charge in [-0.1, -0.05) is 27.5 Å². The molecule has 1 saturated heterocycles. The Morgan fingerprint density at radius 3 is 2.57 bits per heavy atom. The lowest BCUT2D eigenvalue weighted by molar-refractivity contribution is -0.141. The third-order valence-corrected chi connectivity index (χ3v) is 6.77. The van der Waals surface area contributed by atoms with E-state index in [0.717, 1.165) is 10.0 Å². The van der Waals surface area contributed by atoms with Crippen molar-refractivity contribution in [2.75, 3.05) is 13.1 Å². The Labute approximate surface area is 189 Å². The van der Waals surface area contributed by atoms with E-state index in [9.17, 15) is 9.59 Å². The van der Waals surface area contributed by atoms with E-state index in [-0.39, 0.29) is 11.7 Å². The number of carbonyl (C=O) groups excluding carboxylic acids is 2. The first-order valence-corrected chi connectivity index (χ1v) is 11.2. The zero-order valence-corrected chi connectivity index (χ0v) is 19.3. The van der Waals surface area contributed by atoms with E-state index in [0.29, 0.717) is 54.4 Å². The van der Waals surface area contributed by atoms with Gasteiger partial charge in [-0.05, 0) is 55.8 Å². The number of fused-ring (bicyclic) bond motifs is 1. The van der Waals surface area contributed by atoms with E-state index in [4.69, 9.17) is 21.1 Å². The van der Waals surface area contributed by atoms with E-state index >= 15 is 0 Å². The van der Waals surface area contributed by atoms with Crippen LogP contribution >= 0.6 is 27.5 Å². The van der Waals surface area contributed by atoms with Crippen molar-refractivity contribution >= 4 is 39.2 Å². The lowest BCUT2D eigenvalue weighted by Crippen LogP contribution is -2.54. The van der Waals surface area contributed by atoms with Crippen LogP contribution in [0.3, 0.4) is 0 Å². The monoisotopic (exact) mass is 491 g/mol. The highest BCUT2D eigenvalue weighted by molar-refractivity contribution is 9.10. The molecule has 0 N–H and O–H groups in total. The predicted molar refractivity (Wildman–Crippen MR) is 119 cm³/mol. The number of likely N-dealkylation sites (tertiary alicyclic amines) is 1. The van der Waals surface area contributed by atoms with Crippen LogP contribution in [0.2, 0.25) is 5.02 Å². The summed E-state index contributed by atoms with van der Waals surface area (Å²) in [6.45, 7) is 4.72. The summed E-state index contributed by atoms with van der Waals surface area (Å²) in [6.07, 6.45) is 0.944. The Hall–Kier alpha value is -2.05. The fourth-order valence-electron chi connectivity index (χ4n) is 4.05. The van der Waals surface area contributed by atoms with Gasteiger partial charge in [0.15, 0.2) is 11.9 Å². The summed E-state index contributed by atoms with van der Waals surface area (Å²) in [5.41, 5.74) is 0.870. The smallest absolute Gasteiger partial charge is 0.263 e. The quantitative estimate of drug-likeness (QED) is 0.591. The highest BCUT2D eigenvalue weighted by Gasteiger charge is 2.44. The summed E-state index contributed by atoms with van der Waals surface area (Å²) in [5.74, 6) is 1.24. The van der Waals surface area contributed by atoms with E-state index in [1.165, 1.54) is 0 Å². The number of Topliss-reactive ketones (excluding diaryl/α,β-unsaturated/α-hetero) is 1. The second kappa shape index (κ2) is 8.23. The molecule has 1 atom stereocenters. The molecular weight excluding hydrogens is 470 g/mol. The topological polar surface area (TPSA) is 55.8 Å². The molecule has 1 fully saturated rings. The number of carbonyl (C=O) groups is 2. The molecule has 2 aromatic rings. The van der Waals surface area contributed by atoms with E-state index in [1.54, 1.807) is 17.9 Å². The number of benzene rings is 2. The Morgan fingerprint density at radius 1 is 1.23 bits per heavy atom. The van der Waals surface area contributed by atoms with Gasteiger partial charge in [-0.15, -0.1) is 0 Å². The third kappa shape index (κ3) is 4.21. The number of nitrogens with zero attached hydrogens (tertiary/aromatic N) is 1. The van der Waals surface area contributed by atoms with Crippen molar-refractivity contribution in [3.63, 3.8) is 0 Å². The van der Waals surface area contributed by atoms with E-state index in [2.05, 4.69) is 15.9 Å². The average molecular weight is 493 g/mol. The van der Waals surface area contributed by atoms with Gasteiger partial charge in [0.05, 0.1) is 12.0 Å². The number of rotatable bonds is 3. The lowest BCUT2D eigenvalue weighted by atomic mass is 9.82. The molecule has 0 radical (unpaired) electrons. The highest BCUT2D eigenvalue weighted by Crippen LogP contribution is 2.41. The second-order valence-electron chi connectivity index (χ2n) is 8.02. The molecular formula is C23H23BrClNO4. The summed E-state index contributed by atoms with van der Waals surface area (Å²) < 4.78 is 13.1. The minimum absolute atomic E-state index is 0.0462. The van der Waals surface area contributed by atoms with Crippen molar-refractivity contribution in [2.24, 2.45) is 0 Å². The third-order valence-electron chi connectivity index (χ3n) is 5.83. The van der Waals surface area contributed by atoms with Gasteiger partial charge >= 0.3 is 0 Å². The van der Waals surface area contributed by atoms with Gasteiger partial charge in [-0.25, -0.2) is 0 Å². The van der Waals surface area contributed by atoms with E-state index < -0.39 is 11.7 Å². The maximum atomic E-state index is 12.9. The van der Waals surface area contributed by atoms with Gasteiger partial charge < -0.3 is 14.4 Å². The number of hydrogen-bond donors (Lipinski definition) is 0. The fraction of sp³-hybridized carbons (Fsp3) is 0.391. The molecule has 0 aromatic heterocycles. The molecule has 2 aromatic carbocycles. The molecule has 0 saturated carbocycles. The fourth-order valence-corrected chi connectivity index (χ4v) is 4.48. The average Bonchev–Trinajstić information content (AvgIpc) is 2.71. The Kier molecular flexibility index (Phi) is 5.82. The molecule has 2 heterocycles. The Balaban J connectivity index is 1.40. The molecule has 7 heteroatoms. The first-order valence-electron chi connectivity index (χ1n) is 10.00. The van der Waals surface area contributed by atoms with Gasteiger partial charge in [-0.2, -0.15) is 0 Å². The summed E-state index contributed by atoms with van der Waals surface area (Å²) in [7, 11) is 0. The van der Waals surface area contributed by atoms with Crippen molar-refractivity contribution in [3.8, 4) is 11.5 Å². The zero-order valence-electron chi connectivity index (χ0n) is 16.9. The van der Waals surface area contributed by atoms with Crippen LogP contribution in [0.4, 0.5) is 0 Å². The van der Waals surface area contributed by atoms with Gasteiger partial charge in [0.25, 0.3) is 5.91 Å². The Morgan fingerprint density at radius 2 is 1.90 bits per heavy atom. The van der Waals surface area contributed by atoms with Crippen LogP contribution in [0.5, 0.6) is 11.5 Å². The maximum absolute atomic E-state index is 12.9. The maximum Gasteiger partial charge on any atom is 0.263 e. The molecule has 4 rings (SSSR count). The molecule has 1 spiro atoms. The molecule has 30 heavy (non-hydrogen) atoms. The number of ether oxygens (including phenoxy) is 2. The summed E-state index contributed by atoms with van der Waals surface area (Å²) in [6, 6.07) is 10.9. The van der Waals surface area contributed by atoms with Crippen LogP contribution in [0.15, 0.2) is 40.9 Å². The normalized spacial score (nSPS) is 18.5. The van der Waals surface area contributed by atoms with Crippen LogP contribution in [-0.2, 0) is 4.79 Å². The number of aryl methyl sites for hydroxylation is 1. The molecule has 1 amide bonds. The van der Waals surface area contributed by atoms with Gasteiger partial charge in [0.2, 0.25) is 0 Å². The van der Waals surface area contributed by atoms with Crippen molar-refractivity contribution in [1.29, 1.82) is 0 Å². The van der Waals surface area contributed by atoms with Crippen LogP contribution in [0.25, 0.3) is 0 Å². The molecule has 1 unspecified atom stereocenters. The minimum atomic E-state index is -0.584. The molecule has 0 bridgehead atoms. The number of halogens is 2. The van der Waals surface area contributed by atoms with Crippen LogP contribution in [0.1, 0.15) is 42.1 Å². The van der Waals surface area contributed by atoms with Crippen molar-refractivity contribution in [3.05, 3.63) is 57.0 Å². The van der Waals surface area contributed by atoms with Crippen molar-refractivity contribution in [2.45, 2.75) is 44.8 Å². The van der Waals surface area contributed by atoms with Crippen LogP contribution < -0.4 is 9.47 Å². The molecule has 2 aliphatic rings. The lowest BCUT2D eigenvalue weighted by Gasteiger charge is -2.44. The summed E-state index contributed by atoms with van der Waals surface area (Å²) in [4.78, 5) is 27.4. The number of hydrogen-bond acceptors (Lipinski definition) is 4. The largest absolute Gasteiger partial charge is 0.486 e. The molecule has 5 nitrogen and oxygen atoms in total. The molecule has 158 valence electrons. The number of ketones is 1. The van der Waals surface area contributed by atoms with E-state index in [1.807, 2.05) is 37.3 Å². The first-order chi connectivity index (χ1) is 14.3. The van der Waals surface area contributed by atoms with Gasteiger partial charge in [0, 0.05) is 35.4 Å². The molecule has 0 aliphatic carbocycles. The second-order valence-corrected chi connectivity index (χ2v) is 9.34. The zero-order chi connectivity index (χ0) is 21.5. The van der Waals surface area contributed by atoms with Crippen LogP contribution in [0, 0.1) is 6.92 Å². The standard InChI is InChI=1S/C23H23BrClNO4/c1-14-11-21-18(12-19(14)25)20(27)13-23(30-21)7-9-26(10-8-23)22(28)15(2)29-17-5-3-16(24)4-6-17/h3-6,11-12,15H,7-10,13H2,1-2H3. The first kappa shape index (κ1) is 21.2. The summed E-state index contributed by atoms with van der Waals surface area (Å²) >= 11 is 9.56. The van der Waals surface area contributed by atoms with Gasteiger partial charge in [-0.3, -0.25) is 9.59 Å². The number of amides is 1. The van der Waals surface area contributed by atoms with Crippen molar-refractivity contribution in [1.82, 2.24) is 4.90 Å². The molecule has 2 aliphatic heterocycles. The highest BCUT2D eigenvalue weighted by atomic mass is 79.9.